The molecule has 3 nitrogen and oxygen atoms in total. The summed E-state index contributed by atoms with van der Waals surface area (Å²) in [5, 5.41) is 0. The molecule has 0 aliphatic rings. The number of hydrogen-bond donors (Lipinski definition) is 1. The van der Waals surface area contributed by atoms with E-state index in [-0.39, 0.29) is 0 Å². The highest BCUT2D eigenvalue weighted by molar-refractivity contribution is 5.86. The van der Waals surface area contributed by atoms with E-state index in [1.54, 1.807) is 6.92 Å². The van der Waals surface area contributed by atoms with Crippen LogP contribution in [0.4, 0.5) is 0 Å². The molecule has 0 saturated carbocycles. The first-order valence-electron chi connectivity index (χ1n) is 2.45. The molecular formula is C6H12NO2. The summed E-state index contributed by atoms with van der Waals surface area (Å²) < 4.78 is 0. The molecule has 0 heterocycles. The summed E-state index contributed by atoms with van der Waals surface area (Å²) in [5.74, 6) is 3.89. The van der Waals surface area contributed by atoms with Crippen molar-refractivity contribution in [3.05, 3.63) is 19.1 Å². The lowest BCUT2D eigenvalue weighted by Crippen LogP contribution is -2.09. The lowest BCUT2D eigenvalue weighted by atomic mass is 10.4. The van der Waals surface area contributed by atoms with Crippen molar-refractivity contribution in [1.29, 1.82) is 0 Å². The summed E-state index contributed by atoms with van der Waals surface area (Å²) >= 11 is 0. The van der Waals surface area contributed by atoms with Gasteiger partial charge in [0.1, 0.15) is 0 Å². The Hall–Kier alpha value is -0.830. The minimum absolute atomic E-state index is 0.308. The van der Waals surface area contributed by atoms with E-state index in [0.717, 1.165) is 0 Å². The van der Waals surface area contributed by atoms with Gasteiger partial charge in [0, 0.05) is 5.57 Å². The van der Waals surface area contributed by atoms with Crippen molar-refractivity contribution < 1.29 is 9.63 Å². The fourth-order valence-corrected chi connectivity index (χ4v) is 0.101. The van der Waals surface area contributed by atoms with Crippen LogP contribution in [0.5, 0.6) is 0 Å². The number of carbonyl (C=O) groups excluding carboxylic acids is 1. The highest BCUT2D eigenvalue weighted by Crippen LogP contribution is 1.85. The second kappa shape index (κ2) is 7.17. The number of hydrogen-bond acceptors (Lipinski definition) is 3. The second-order valence-corrected chi connectivity index (χ2v) is 1.19. The first-order chi connectivity index (χ1) is 4.18. The Morgan fingerprint density at radius 3 is 1.89 bits per heavy atom. The van der Waals surface area contributed by atoms with E-state index in [4.69, 9.17) is 0 Å². The fourth-order valence-electron chi connectivity index (χ4n) is 0.101. The minimum Gasteiger partial charge on any atom is -0.370 e. The van der Waals surface area contributed by atoms with Gasteiger partial charge < -0.3 is 4.84 Å². The van der Waals surface area contributed by atoms with Gasteiger partial charge in [0.2, 0.25) is 0 Å². The van der Waals surface area contributed by atoms with Crippen molar-refractivity contribution >= 4 is 5.97 Å². The smallest absolute Gasteiger partial charge is 0.351 e. The molecule has 0 atom stereocenters. The van der Waals surface area contributed by atoms with Gasteiger partial charge >= 0.3 is 5.97 Å². The molecule has 9 heavy (non-hydrogen) atoms. The van der Waals surface area contributed by atoms with Gasteiger partial charge in [-0.3, -0.25) is 0 Å². The summed E-state index contributed by atoms with van der Waals surface area (Å²) in [5.41, 5.74) is 0.308. The van der Waals surface area contributed by atoms with Gasteiger partial charge in [-0.25, -0.2) is 4.79 Å². The van der Waals surface area contributed by atoms with E-state index in [1.165, 1.54) is 6.92 Å². The van der Waals surface area contributed by atoms with E-state index in [1.807, 2.05) is 0 Å². The summed E-state index contributed by atoms with van der Waals surface area (Å²) in [6.07, 6.45) is 0. The van der Waals surface area contributed by atoms with E-state index < -0.39 is 5.97 Å². The van der Waals surface area contributed by atoms with Gasteiger partial charge in [-0.15, -0.1) is 0 Å². The van der Waals surface area contributed by atoms with Gasteiger partial charge in [-0.05, 0) is 6.92 Å². The molecule has 0 aromatic rings. The quantitative estimate of drug-likeness (QED) is 0.422. The van der Waals surface area contributed by atoms with Crippen LogP contribution in [-0.4, -0.2) is 5.97 Å². The summed E-state index contributed by atoms with van der Waals surface area (Å²) in [7, 11) is 0. The lowest BCUT2D eigenvalue weighted by Gasteiger charge is -1.90. The minimum atomic E-state index is -0.569. The maximum absolute atomic E-state index is 10.1. The van der Waals surface area contributed by atoms with E-state index >= 15 is 0 Å². The van der Waals surface area contributed by atoms with Gasteiger partial charge in [0.05, 0.1) is 0 Å². The largest absolute Gasteiger partial charge is 0.370 e. The highest BCUT2D eigenvalue weighted by atomic mass is 16.7. The maximum atomic E-state index is 10.1. The van der Waals surface area contributed by atoms with Crippen LogP contribution in [0.3, 0.4) is 0 Å². The number of carbonyl (C=O) groups is 1. The van der Waals surface area contributed by atoms with E-state index in [2.05, 4.69) is 24.2 Å². The number of nitrogens with two attached hydrogens (primary N) is 1. The topological polar surface area (TPSA) is 52.3 Å². The van der Waals surface area contributed by atoms with Crippen LogP contribution in [-0.2, 0) is 9.63 Å². The average molecular weight is 130 g/mol. The molecule has 0 aliphatic carbocycles. The molecule has 0 spiro atoms. The van der Waals surface area contributed by atoms with Crippen molar-refractivity contribution in [2.24, 2.45) is 5.90 Å². The third kappa shape index (κ3) is 7.17. The monoisotopic (exact) mass is 130 g/mol. The van der Waals surface area contributed by atoms with Gasteiger partial charge in [-0.2, -0.15) is 5.90 Å². The first kappa shape index (κ1) is 11.0. The molecule has 1 radical (unpaired) electrons. The zero-order valence-corrected chi connectivity index (χ0v) is 5.81. The van der Waals surface area contributed by atoms with Crippen LogP contribution in [0.2, 0.25) is 0 Å². The van der Waals surface area contributed by atoms with Gasteiger partial charge in [-0.1, -0.05) is 20.4 Å². The molecule has 0 saturated heterocycles. The molecule has 0 bridgehead atoms. The molecule has 0 fully saturated rings. The van der Waals surface area contributed by atoms with Crippen LogP contribution in [0.1, 0.15) is 13.8 Å². The Morgan fingerprint density at radius 2 is 1.89 bits per heavy atom. The molecule has 0 rings (SSSR count). The third-order valence-electron chi connectivity index (χ3n) is 0.455. The summed E-state index contributed by atoms with van der Waals surface area (Å²) in [6, 6.07) is 0. The van der Waals surface area contributed by atoms with Crippen LogP contribution < -0.4 is 5.90 Å². The maximum Gasteiger partial charge on any atom is 0.351 e. The van der Waals surface area contributed by atoms with Crippen molar-refractivity contribution in [2.45, 2.75) is 13.8 Å². The highest BCUT2D eigenvalue weighted by Gasteiger charge is 1.96. The zero-order chi connectivity index (χ0) is 7.86. The summed E-state index contributed by atoms with van der Waals surface area (Å²) in [6.45, 7) is 9.79. The molecule has 2 N–H and O–H groups in total. The van der Waals surface area contributed by atoms with Crippen molar-refractivity contribution in [3.8, 4) is 0 Å². The number of rotatable bonds is 1. The molecule has 0 aromatic heterocycles. The van der Waals surface area contributed by atoms with Crippen LogP contribution in [0.25, 0.3) is 0 Å². The average Bonchev–Trinajstić information content (AvgIpc) is 1.91. The standard InChI is InChI=1S/C4H7NO2.C2H5/c1-3(2)4(6)7-5;1-2/h1,5H2,2H3;1H2,2H3. The van der Waals surface area contributed by atoms with Crippen molar-refractivity contribution in [1.82, 2.24) is 0 Å². The predicted molar refractivity (Wildman–Crippen MR) is 36.1 cm³/mol. The van der Waals surface area contributed by atoms with Gasteiger partial charge in [0.25, 0.3) is 0 Å². The first-order valence-corrected chi connectivity index (χ1v) is 2.45. The Morgan fingerprint density at radius 1 is 1.56 bits per heavy atom. The fraction of sp³-hybridized carbons (Fsp3) is 0.333. The molecule has 3 heteroatoms. The molecule has 53 valence electrons. The third-order valence-corrected chi connectivity index (χ3v) is 0.455. The van der Waals surface area contributed by atoms with Crippen LogP contribution >= 0.6 is 0 Å². The Bertz CT molecular complexity index is 99.2. The lowest BCUT2D eigenvalue weighted by molar-refractivity contribution is -0.139. The molecule has 0 aliphatic heterocycles. The van der Waals surface area contributed by atoms with Crippen molar-refractivity contribution in [3.63, 3.8) is 0 Å². The SMILES string of the molecule is C=C(C)C(=O)ON.[CH2]C. The van der Waals surface area contributed by atoms with Crippen molar-refractivity contribution in [2.75, 3.05) is 0 Å². The van der Waals surface area contributed by atoms with Crippen LogP contribution in [0, 0.1) is 6.92 Å². The summed E-state index contributed by atoms with van der Waals surface area (Å²) in [4.78, 5) is 13.8. The van der Waals surface area contributed by atoms with E-state index in [0.29, 0.717) is 5.57 Å². The Balaban J connectivity index is 0. The van der Waals surface area contributed by atoms with E-state index in [9.17, 15) is 4.79 Å². The second-order valence-electron chi connectivity index (χ2n) is 1.19. The molecule has 0 amide bonds. The normalized spacial score (nSPS) is 6.67. The zero-order valence-electron chi connectivity index (χ0n) is 5.81. The predicted octanol–water partition coefficient (Wildman–Crippen LogP) is 0.820. The Kier molecular flexibility index (Phi) is 8.79. The Labute approximate surface area is 55.4 Å². The molecule has 0 aromatic carbocycles. The molecular weight excluding hydrogens is 118 g/mol. The molecule has 0 unspecified atom stereocenters. The van der Waals surface area contributed by atoms with Crippen LogP contribution in [0.15, 0.2) is 12.2 Å². The van der Waals surface area contributed by atoms with Gasteiger partial charge in [0.15, 0.2) is 0 Å².